The molecule has 0 spiro atoms. The number of pyridine rings is 1. The molecule has 1 aliphatic carbocycles. The van der Waals surface area contributed by atoms with Gasteiger partial charge in [-0.25, -0.2) is 4.98 Å². The summed E-state index contributed by atoms with van der Waals surface area (Å²) in [6.45, 7) is 0. The van der Waals surface area contributed by atoms with Crippen LogP contribution in [0, 0.1) is 0 Å². The van der Waals surface area contributed by atoms with Crippen LogP contribution in [0.2, 0.25) is 0 Å². The topological polar surface area (TPSA) is 111 Å². The molecule has 5 N–H and O–H groups in total. The molecule has 0 aromatic carbocycles. The molecule has 0 radical (unpaired) electrons. The standard InChI is InChI=1S/C14H20N4O2/c15-11-6-5-10(9-17-11)12(19)18-14(13(16)20)7-3-1-2-4-8-14/h5-6,9H,1-4,7-8H2,(H2,15,17)(H2,16,20)(H,18,19). The maximum Gasteiger partial charge on any atom is 0.253 e. The van der Waals surface area contributed by atoms with Crippen LogP contribution in [0.4, 0.5) is 5.82 Å². The lowest BCUT2D eigenvalue weighted by Gasteiger charge is -2.30. The minimum absolute atomic E-state index is 0.335. The Bertz CT molecular complexity index is 490. The fourth-order valence-electron chi connectivity index (χ4n) is 2.59. The lowest BCUT2D eigenvalue weighted by atomic mass is 9.89. The number of anilines is 1. The van der Waals surface area contributed by atoms with Gasteiger partial charge < -0.3 is 16.8 Å². The predicted octanol–water partition coefficient (Wildman–Crippen LogP) is 0.972. The maximum absolute atomic E-state index is 12.2. The number of primary amides is 1. The zero-order valence-electron chi connectivity index (χ0n) is 11.4. The molecule has 6 nitrogen and oxygen atoms in total. The highest BCUT2D eigenvalue weighted by Crippen LogP contribution is 2.27. The number of nitrogens with two attached hydrogens (primary N) is 2. The molecule has 108 valence electrons. The Morgan fingerprint density at radius 3 is 2.30 bits per heavy atom. The molecular formula is C14H20N4O2. The summed E-state index contributed by atoms with van der Waals surface area (Å²) in [6.07, 6.45) is 6.50. The fraction of sp³-hybridized carbons (Fsp3) is 0.500. The van der Waals surface area contributed by atoms with E-state index in [1.165, 1.54) is 6.20 Å². The van der Waals surface area contributed by atoms with E-state index < -0.39 is 11.4 Å². The minimum Gasteiger partial charge on any atom is -0.384 e. The van der Waals surface area contributed by atoms with Crippen LogP contribution in [0.5, 0.6) is 0 Å². The number of nitrogen functional groups attached to an aromatic ring is 1. The van der Waals surface area contributed by atoms with Gasteiger partial charge in [0.15, 0.2) is 0 Å². The average Bonchev–Trinajstić information content (AvgIpc) is 2.66. The number of hydrogen-bond acceptors (Lipinski definition) is 4. The van der Waals surface area contributed by atoms with Gasteiger partial charge in [0.1, 0.15) is 11.4 Å². The molecule has 0 saturated heterocycles. The summed E-state index contributed by atoms with van der Waals surface area (Å²) in [6, 6.07) is 3.14. The number of aromatic nitrogens is 1. The molecule has 1 heterocycles. The summed E-state index contributed by atoms with van der Waals surface area (Å²) in [7, 11) is 0. The lowest BCUT2D eigenvalue weighted by molar-refractivity contribution is -0.124. The van der Waals surface area contributed by atoms with Gasteiger partial charge in [-0.05, 0) is 25.0 Å². The van der Waals surface area contributed by atoms with Crippen molar-refractivity contribution in [2.75, 3.05) is 5.73 Å². The Hall–Kier alpha value is -2.11. The highest BCUT2D eigenvalue weighted by molar-refractivity contribution is 5.98. The number of carbonyl (C=O) groups is 2. The Labute approximate surface area is 117 Å². The molecule has 2 rings (SSSR count). The quantitative estimate of drug-likeness (QED) is 0.714. The minimum atomic E-state index is -0.936. The van der Waals surface area contributed by atoms with Crippen molar-refractivity contribution < 1.29 is 9.59 Å². The van der Waals surface area contributed by atoms with Gasteiger partial charge in [0.2, 0.25) is 5.91 Å². The zero-order chi connectivity index (χ0) is 14.6. The van der Waals surface area contributed by atoms with Gasteiger partial charge in [-0.1, -0.05) is 25.7 Å². The third-order valence-corrected chi connectivity index (χ3v) is 3.83. The van der Waals surface area contributed by atoms with Gasteiger partial charge in [0.05, 0.1) is 5.56 Å². The summed E-state index contributed by atoms with van der Waals surface area (Å²) < 4.78 is 0. The van der Waals surface area contributed by atoms with Crippen molar-refractivity contribution >= 4 is 17.6 Å². The second-order valence-electron chi connectivity index (χ2n) is 5.29. The largest absolute Gasteiger partial charge is 0.384 e. The van der Waals surface area contributed by atoms with Gasteiger partial charge in [-0.2, -0.15) is 0 Å². The molecule has 0 aliphatic heterocycles. The maximum atomic E-state index is 12.2. The molecule has 0 bridgehead atoms. The SMILES string of the molecule is NC(=O)C1(NC(=O)c2ccc(N)nc2)CCCCCC1. The molecule has 1 fully saturated rings. The van der Waals surface area contributed by atoms with Crippen LogP contribution >= 0.6 is 0 Å². The Morgan fingerprint density at radius 1 is 1.15 bits per heavy atom. The van der Waals surface area contributed by atoms with Gasteiger partial charge in [-0.15, -0.1) is 0 Å². The number of hydrogen-bond donors (Lipinski definition) is 3. The fourth-order valence-corrected chi connectivity index (χ4v) is 2.59. The first kappa shape index (κ1) is 14.3. The highest BCUT2D eigenvalue weighted by atomic mass is 16.2. The highest BCUT2D eigenvalue weighted by Gasteiger charge is 2.38. The molecule has 0 atom stereocenters. The van der Waals surface area contributed by atoms with Crippen molar-refractivity contribution in [3.05, 3.63) is 23.9 Å². The normalized spacial score (nSPS) is 18.0. The van der Waals surface area contributed by atoms with E-state index in [9.17, 15) is 9.59 Å². The number of amides is 2. The van der Waals surface area contributed by atoms with Crippen LogP contribution in [0.1, 0.15) is 48.9 Å². The Morgan fingerprint density at radius 2 is 1.80 bits per heavy atom. The average molecular weight is 276 g/mol. The van der Waals surface area contributed by atoms with E-state index in [-0.39, 0.29) is 5.91 Å². The first-order valence-electron chi connectivity index (χ1n) is 6.87. The third kappa shape index (κ3) is 3.07. The van der Waals surface area contributed by atoms with E-state index in [0.717, 1.165) is 25.7 Å². The van der Waals surface area contributed by atoms with Crippen LogP contribution in [-0.4, -0.2) is 22.3 Å². The van der Waals surface area contributed by atoms with Gasteiger partial charge in [-0.3, -0.25) is 9.59 Å². The predicted molar refractivity (Wildman–Crippen MR) is 75.7 cm³/mol. The van der Waals surface area contributed by atoms with Crippen molar-refractivity contribution in [2.24, 2.45) is 5.73 Å². The second kappa shape index (κ2) is 5.90. The monoisotopic (exact) mass is 276 g/mol. The molecule has 6 heteroatoms. The van der Waals surface area contributed by atoms with E-state index in [1.807, 2.05) is 0 Å². The first-order chi connectivity index (χ1) is 9.53. The van der Waals surface area contributed by atoms with E-state index >= 15 is 0 Å². The van der Waals surface area contributed by atoms with Gasteiger partial charge >= 0.3 is 0 Å². The van der Waals surface area contributed by atoms with Crippen LogP contribution in [-0.2, 0) is 4.79 Å². The Kier molecular flexibility index (Phi) is 4.22. The smallest absolute Gasteiger partial charge is 0.253 e. The molecular weight excluding hydrogens is 256 g/mol. The van der Waals surface area contributed by atoms with Crippen molar-refractivity contribution in [1.29, 1.82) is 0 Å². The van der Waals surface area contributed by atoms with Crippen molar-refractivity contribution in [1.82, 2.24) is 10.3 Å². The van der Waals surface area contributed by atoms with E-state index in [0.29, 0.717) is 24.2 Å². The molecule has 2 amide bonds. The number of carbonyl (C=O) groups excluding carboxylic acids is 2. The van der Waals surface area contributed by atoms with Crippen LogP contribution in [0.3, 0.4) is 0 Å². The second-order valence-corrected chi connectivity index (χ2v) is 5.29. The first-order valence-corrected chi connectivity index (χ1v) is 6.87. The van der Waals surface area contributed by atoms with Crippen LogP contribution < -0.4 is 16.8 Å². The summed E-state index contributed by atoms with van der Waals surface area (Å²) >= 11 is 0. The Balaban J connectivity index is 2.17. The summed E-state index contributed by atoms with van der Waals surface area (Å²) in [4.78, 5) is 27.9. The van der Waals surface area contributed by atoms with Crippen molar-refractivity contribution in [3.63, 3.8) is 0 Å². The van der Waals surface area contributed by atoms with E-state index in [2.05, 4.69) is 10.3 Å². The molecule has 0 unspecified atom stereocenters. The van der Waals surface area contributed by atoms with Crippen molar-refractivity contribution in [2.45, 2.75) is 44.1 Å². The van der Waals surface area contributed by atoms with E-state index in [1.54, 1.807) is 12.1 Å². The third-order valence-electron chi connectivity index (χ3n) is 3.83. The van der Waals surface area contributed by atoms with E-state index in [4.69, 9.17) is 11.5 Å². The summed E-state index contributed by atoms with van der Waals surface area (Å²) in [5, 5.41) is 2.81. The summed E-state index contributed by atoms with van der Waals surface area (Å²) in [5.41, 5.74) is 10.5. The van der Waals surface area contributed by atoms with Crippen molar-refractivity contribution in [3.8, 4) is 0 Å². The zero-order valence-corrected chi connectivity index (χ0v) is 11.4. The number of rotatable bonds is 3. The number of nitrogens with zero attached hydrogens (tertiary/aromatic N) is 1. The molecule has 1 aliphatic rings. The molecule has 1 aromatic heterocycles. The van der Waals surface area contributed by atoms with Crippen LogP contribution in [0.15, 0.2) is 18.3 Å². The molecule has 20 heavy (non-hydrogen) atoms. The molecule has 1 aromatic rings. The molecule has 1 saturated carbocycles. The van der Waals surface area contributed by atoms with Gasteiger partial charge in [0.25, 0.3) is 5.91 Å². The number of nitrogens with one attached hydrogen (secondary N) is 1. The van der Waals surface area contributed by atoms with Gasteiger partial charge in [0, 0.05) is 6.20 Å². The lowest BCUT2D eigenvalue weighted by Crippen LogP contribution is -2.57. The summed E-state index contributed by atoms with van der Waals surface area (Å²) in [5.74, 6) is -0.449. The van der Waals surface area contributed by atoms with Crippen LogP contribution in [0.25, 0.3) is 0 Å².